The molecular formula is C14H14N4O2. The summed E-state index contributed by atoms with van der Waals surface area (Å²) in [6.07, 6.45) is 2.81. The van der Waals surface area contributed by atoms with E-state index in [1.54, 1.807) is 24.3 Å². The van der Waals surface area contributed by atoms with Crippen molar-refractivity contribution >= 4 is 17.5 Å². The number of anilines is 1. The number of carbonyl (C=O) groups is 2. The average molecular weight is 270 g/mol. The van der Waals surface area contributed by atoms with E-state index in [0.717, 1.165) is 30.5 Å². The predicted octanol–water partition coefficient (Wildman–Crippen LogP) is 1.25. The van der Waals surface area contributed by atoms with Crippen LogP contribution in [0.15, 0.2) is 24.3 Å². The highest BCUT2D eigenvalue weighted by molar-refractivity contribution is 6.08. The maximum Gasteiger partial charge on any atom is 0.276 e. The van der Waals surface area contributed by atoms with Crippen molar-refractivity contribution in [2.45, 2.75) is 19.3 Å². The first kappa shape index (κ1) is 12.4. The molecule has 6 heteroatoms. The summed E-state index contributed by atoms with van der Waals surface area (Å²) < 4.78 is 0. The summed E-state index contributed by atoms with van der Waals surface area (Å²) in [5.74, 6) is -0.897. The zero-order valence-corrected chi connectivity index (χ0v) is 10.8. The van der Waals surface area contributed by atoms with E-state index in [1.165, 1.54) is 0 Å². The SMILES string of the molecule is NC(=O)c1ccccc1NC(=O)c1n[nH]c2c1CCC2. The number of aromatic amines is 1. The maximum absolute atomic E-state index is 12.3. The van der Waals surface area contributed by atoms with Crippen molar-refractivity contribution in [1.82, 2.24) is 10.2 Å². The van der Waals surface area contributed by atoms with Crippen LogP contribution in [0.5, 0.6) is 0 Å². The molecule has 1 heterocycles. The van der Waals surface area contributed by atoms with Crippen molar-refractivity contribution in [3.8, 4) is 0 Å². The number of fused-ring (bicyclic) bond motifs is 1. The molecule has 4 N–H and O–H groups in total. The molecule has 0 radical (unpaired) electrons. The summed E-state index contributed by atoms with van der Waals surface area (Å²) in [7, 11) is 0. The summed E-state index contributed by atoms with van der Waals surface area (Å²) in [6, 6.07) is 6.65. The lowest BCUT2D eigenvalue weighted by molar-refractivity contribution is 0.100. The van der Waals surface area contributed by atoms with Crippen LogP contribution in [0.25, 0.3) is 0 Å². The van der Waals surface area contributed by atoms with E-state index in [4.69, 9.17) is 5.73 Å². The Morgan fingerprint density at radius 2 is 2.05 bits per heavy atom. The molecule has 0 saturated carbocycles. The Bertz CT molecular complexity index is 690. The Hall–Kier alpha value is -2.63. The van der Waals surface area contributed by atoms with Crippen LogP contribution < -0.4 is 11.1 Å². The second kappa shape index (κ2) is 4.80. The number of rotatable bonds is 3. The summed E-state index contributed by atoms with van der Waals surface area (Å²) in [6.45, 7) is 0. The van der Waals surface area contributed by atoms with Crippen LogP contribution in [0.3, 0.4) is 0 Å². The van der Waals surface area contributed by atoms with Crippen LogP contribution in [-0.2, 0) is 12.8 Å². The third-order valence-electron chi connectivity index (χ3n) is 3.46. The smallest absolute Gasteiger partial charge is 0.276 e. The van der Waals surface area contributed by atoms with Gasteiger partial charge in [-0.15, -0.1) is 0 Å². The minimum Gasteiger partial charge on any atom is -0.366 e. The van der Waals surface area contributed by atoms with Crippen molar-refractivity contribution in [1.29, 1.82) is 0 Å². The zero-order valence-electron chi connectivity index (χ0n) is 10.8. The third kappa shape index (κ3) is 2.05. The van der Waals surface area contributed by atoms with Crippen LogP contribution >= 0.6 is 0 Å². The van der Waals surface area contributed by atoms with E-state index >= 15 is 0 Å². The number of carbonyl (C=O) groups excluding carboxylic acids is 2. The molecular weight excluding hydrogens is 256 g/mol. The van der Waals surface area contributed by atoms with Crippen LogP contribution in [-0.4, -0.2) is 22.0 Å². The van der Waals surface area contributed by atoms with Gasteiger partial charge in [-0.05, 0) is 31.4 Å². The first-order chi connectivity index (χ1) is 9.66. The average Bonchev–Trinajstić information content (AvgIpc) is 3.01. The number of H-pyrrole nitrogens is 1. The van der Waals surface area contributed by atoms with E-state index in [1.807, 2.05) is 0 Å². The fourth-order valence-electron chi connectivity index (χ4n) is 2.50. The van der Waals surface area contributed by atoms with Gasteiger partial charge in [0.15, 0.2) is 5.69 Å². The number of aromatic nitrogens is 2. The fourth-order valence-corrected chi connectivity index (χ4v) is 2.50. The molecule has 6 nitrogen and oxygen atoms in total. The van der Waals surface area contributed by atoms with Crippen LogP contribution in [0, 0.1) is 0 Å². The van der Waals surface area contributed by atoms with Crippen LogP contribution in [0.1, 0.15) is 38.5 Å². The molecule has 1 aromatic carbocycles. The molecule has 0 atom stereocenters. The normalized spacial score (nSPS) is 13.0. The number of primary amides is 1. The molecule has 2 amide bonds. The van der Waals surface area contributed by atoms with Gasteiger partial charge < -0.3 is 11.1 Å². The number of nitrogens with one attached hydrogen (secondary N) is 2. The highest BCUT2D eigenvalue weighted by atomic mass is 16.2. The van der Waals surface area contributed by atoms with E-state index in [0.29, 0.717) is 11.4 Å². The second-order valence-electron chi connectivity index (χ2n) is 4.75. The number of para-hydroxylation sites is 1. The van der Waals surface area contributed by atoms with Crippen molar-refractivity contribution in [3.63, 3.8) is 0 Å². The number of hydrogen-bond donors (Lipinski definition) is 3. The maximum atomic E-state index is 12.3. The van der Waals surface area contributed by atoms with E-state index in [2.05, 4.69) is 15.5 Å². The lowest BCUT2D eigenvalue weighted by Gasteiger charge is -2.08. The largest absolute Gasteiger partial charge is 0.366 e. The van der Waals surface area contributed by atoms with Gasteiger partial charge in [-0.2, -0.15) is 5.10 Å². The molecule has 0 spiro atoms. The van der Waals surface area contributed by atoms with Gasteiger partial charge in [0.05, 0.1) is 11.3 Å². The lowest BCUT2D eigenvalue weighted by atomic mass is 10.1. The van der Waals surface area contributed by atoms with Gasteiger partial charge in [0.25, 0.3) is 11.8 Å². The number of nitrogens with two attached hydrogens (primary N) is 1. The summed E-state index contributed by atoms with van der Waals surface area (Å²) in [4.78, 5) is 23.6. The Balaban J connectivity index is 1.88. The minimum atomic E-state index is -0.576. The van der Waals surface area contributed by atoms with Gasteiger partial charge in [-0.3, -0.25) is 14.7 Å². The number of aryl methyl sites for hydroxylation is 1. The molecule has 1 aliphatic carbocycles. The zero-order chi connectivity index (χ0) is 14.1. The van der Waals surface area contributed by atoms with E-state index in [-0.39, 0.29) is 11.5 Å². The van der Waals surface area contributed by atoms with Gasteiger partial charge in [0.1, 0.15) is 0 Å². The monoisotopic (exact) mass is 270 g/mol. The molecule has 0 bridgehead atoms. The number of nitrogens with zero attached hydrogens (tertiary/aromatic N) is 1. The Morgan fingerprint density at radius 1 is 1.25 bits per heavy atom. The van der Waals surface area contributed by atoms with Gasteiger partial charge in [0, 0.05) is 11.3 Å². The topological polar surface area (TPSA) is 101 Å². The highest BCUT2D eigenvalue weighted by Crippen LogP contribution is 2.24. The Kier molecular flexibility index (Phi) is 2.98. The molecule has 0 aliphatic heterocycles. The summed E-state index contributed by atoms with van der Waals surface area (Å²) >= 11 is 0. The van der Waals surface area contributed by atoms with Gasteiger partial charge >= 0.3 is 0 Å². The molecule has 0 unspecified atom stereocenters. The second-order valence-corrected chi connectivity index (χ2v) is 4.75. The predicted molar refractivity (Wildman–Crippen MR) is 73.5 cm³/mol. The first-order valence-electron chi connectivity index (χ1n) is 6.43. The van der Waals surface area contributed by atoms with Crippen molar-refractivity contribution in [2.24, 2.45) is 5.73 Å². The molecule has 0 fully saturated rings. The molecule has 0 saturated heterocycles. The van der Waals surface area contributed by atoms with E-state index < -0.39 is 5.91 Å². The van der Waals surface area contributed by atoms with Crippen molar-refractivity contribution < 1.29 is 9.59 Å². The highest BCUT2D eigenvalue weighted by Gasteiger charge is 2.23. The number of amides is 2. The van der Waals surface area contributed by atoms with Crippen molar-refractivity contribution in [2.75, 3.05) is 5.32 Å². The standard InChI is InChI=1S/C14H14N4O2/c15-13(19)9-4-1-2-6-10(9)16-14(20)12-8-5-3-7-11(8)17-18-12/h1-2,4,6H,3,5,7H2,(H2,15,19)(H,16,20)(H,17,18). The van der Waals surface area contributed by atoms with Gasteiger partial charge in [-0.1, -0.05) is 12.1 Å². The molecule has 1 aliphatic rings. The molecule has 3 rings (SSSR count). The Labute approximate surface area is 115 Å². The minimum absolute atomic E-state index is 0.285. The first-order valence-corrected chi connectivity index (χ1v) is 6.43. The van der Waals surface area contributed by atoms with Crippen LogP contribution in [0.2, 0.25) is 0 Å². The quantitative estimate of drug-likeness (QED) is 0.782. The Morgan fingerprint density at radius 3 is 2.85 bits per heavy atom. The van der Waals surface area contributed by atoms with Crippen LogP contribution in [0.4, 0.5) is 5.69 Å². The molecule has 102 valence electrons. The fraction of sp³-hybridized carbons (Fsp3) is 0.214. The summed E-state index contributed by atoms with van der Waals surface area (Å²) in [5, 5.41) is 9.64. The number of hydrogen-bond acceptors (Lipinski definition) is 3. The lowest BCUT2D eigenvalue weighted by Crippen LogP contribution is -2.19. The molecule has 2 aromatic rings. The number of benzene rings is 1. The van der Waals surface area contributed by atoms with E-state index in [9.17, 15) is 9.59 Å². The van der Waals surface area contributed by atoms with Gasteiger partial charge in [0.2, 0.25) is 0 Å². The molecule has 20 heavy (non-hydrogen) atoms. The third-order valence-corrected chi connectivity index (χ3v) is 3.46. The summed E-state index contributed by atoms with van der Waals surface area (Å²) in [5.41, 5.74) is 8.37. The van der Waals surface area contributed by atoms with Crippen molar-refractivity contribution in [3.05, 3.63) is 46.8 Å². The van der Waals surface area contributed by atoms with Gasteiger partial charge in [-0.25, -0.2) is 0 Å². The molecule has 1 aromatic heterocycles.